The standard InChI is InChI=1S/C57H41N3O2/c1-27-10-8-11-28(2)46(27)35-21-38(47-29(3)12-9-13-30(47)4)52-44(23-35)62-57-50-39-24-45-51(37-14-6-7-15-43(37)61-45)55-54-41(60(56(39)55)42(50)25-40(59-5)53(52)57)22-36(26-58)48-33-17-31-16-32(18-33)20-34(19-31)49(48)54/h6-15,21-25,31-34H,16-20H2,1-4H3. The zero-order valence-electron chi connectivity index (χ0n) is 35.2. The van der Waals surface area contributed by atoms with Crippen molar-refractivity contribution in [1.29, 1.82) is 5.26 Å². The molecule has 0 N–H and O–H groups in total. The number of fused-ring (bicyclic) bond motifs is 14. The molecule has 4 aliphatic carbocycles. The van der Waals surface area contributed by atoms with E-state index in [9.17, 15) is 5.26 Å². The summed E-state index contributed by atoms with van der Waals surface area (Å²) < 4.78 is 16.6. The van der Waals surface area contributed by atoms with Gasteiger partial charge in [-0.2, -0.15) is 5.26 Å². The molecule has 0 amide bonds. The molecule has 296 valence electrons. The minimum absolute atomic E-state index is 0.414. The van der Waals surface area contributed by atoms with Crippen molar-refractivity contribution in [2.45, 2.75) is 71.6 Å². The lowest BCUT2D eigenvalue weighted by atomic mass is 9.67. The molecule has 2 atom stereocenters. The maximum absolute atomic E-state index is 11.0. The number of furan rings is 2. The first-order valence-corrected chi connectivity index (χ1v) is 22.3. The predicted octanol–water partition coefficient (Wildman–Crippen LogP) is 16.0. The minimum atomic E-state index is 0.414. The summed E-state index contributed by atoms with van der Waals surface area (Å²) in [4.78, 5) is 4.34. The summed E-state index contributed by atoms with van der Waals surface area (Å²) in [5, 5.41) is 19.6. The molecule has 0 radical (unpaired) electrons. The molecule has 5 nitrogen and oxygen atoms in total. The van der Waals surface area contributed by atoms with E-state index in [1.165, 1.54) is 87.4 Å². The van der Waals surface area contributed by atoms with Gasteiger partial charge in [0.1, 0.15) is 22.3 Å². The molecule has 4 bridgehead atoms. The van der Waals surface area contributed by atoms with Crippen molar-refractivity contribution in [3.63, 3.8) is 0 Å². The minimum Gasteiger partial charge on any atom is -0.457 e. The quantitative estimate of drug-likeness (QED) is 0.164. The van der Waals surface area contributed by atoms with Crippen molar-refractivity contribution in [3.05, 3.63) is 141 Å². The van der Waals surface area contributed by atoms with E-state index in [1.54, 1.807) is 0 Å². The molecule has 2 fully saturated rings. The maximum atomic E-state index is 11.0. The molecule has 5 heteroatoms. The second-order valence-corrected chi connectivity index (χ2v) is 19.2. The van der Waals surface area contributed by atoms with Gasteiger partial charge in [-0.25, -0.2) is 4.85 Å². The van der Waals surface area contributed by atoms with Gasteiger partial charge in [0.25, 0.3) is 0 Å². The number of hydrogen-bond donors (Lipinski definition) is 0. The van der Waals surface area contributed by atoms with Gasteiger partial charge in [-0.05, 0) is 176 Å². The highest BCUT2D eigenvalue weighted by Gasteiger charge is 2.45. The molecule has 0 spiro atoms. The van der Waals surface area contributed by atoms with Gasteiger partial charge < -0.3 is 13.2 Å². The van der Waals surface area contributed by atoms with Crippen LogP contribution in [0.3, 0.4) is 0 Å². The lowest BCUT2D eigenvalue weighted by Crippen LogP contribution is -2.25. The summed E-state index contributed by atoms with van der Waals surface area (Å²) in [6.45, 7) is 17.6. The fourth-order valence-corrected chi connectivity index (χ4v) is 13.7. The molecule has 2 saturated carbocycles. The van der Waals surface area contributed by atoms with Gasteiger partial charge in [-0.15, -0.1) is 0 Å². The monoisotopic (exact) mass is 799 g/mol. The fourth-order valence-electron chi connectivity index (χ4n) is 13.7. The first-order valence-electron chi connectivity index (χ1n) is 22.3. The van der Waals surface area contributed by atoms with E-state index in [1.807, 2.05) is 0 Å². The number of rotatable bonds is 2. The van der Waals surface area contributed by atoms with Crippen LogP contribution in [0.1, 0.15) is 82.9 Å². The largest absolute Gasteiger partial charge is 0.457 e. The Labute approximate surface area is 357 Å². The number of aryl methyl sites for hydroxylation is 4. The topological polar surface area (TPSA) is 58.8 Å². The molecular formula is C57H41N3O2. The Balaban J connectivity index is 1.21. The summed E-state index contributed by atoms with van der Waals surface area (Å²) in [6, 6.07) is 35.2. The van der Waals surface area contributed by atoms with E-state index < -0.39 is 0 Å². The molecular weight excluding hydrogens is 759 g/mol. The van der Waals surface area contributed by atoms with E-state index in [4.69, 9.17) is 15.4 Å². The average Bonchev–Trinajstić information content (AvgIpc) is 3.98. The number of aromatic nitrogens is 1. The zero-order chi connectivity index (χ0) is 41.4. The van der Waals surface area contributed by atoms with Crippen LogP contribution in [0.25, 0.3) is 109 Å². The Bertz CT molecular complexity index is 3900. The van der Waals surface area contributed by atoms with Gasteiger partial charge in [-0.3, -0.25) is 0 Å². The van der Waals surface area contributed by atoms with Crippen LogP contribution in [-0.2, 0) is 0 Å². The molecule has 4 aromatic heterocycles. The summed E-state index contributed by atoms with van der Waals surface area (Å²) >= 11 is 0. The van der Waals surface area contributed by atoms with Gasteiger partial charge >= 0.3 is 0 Å². The third-order valence-electron chi connectivity index (χ3n) is 15.8. The van der Waals surface area contributed by atoms with E-state index >= 15 is 0 Å². The normalized spacial score (nSPS) is 19.6. The highest BCUT2D eigenvalue weighted by molar-refractivity contribution is 6.39. The van der Waals surface area contributed by atoms with Gasteiger partial charge in [0.15, 0.2) is 0 Å². The fraction of sp³-hybridized carbons (Fsp3) is 0.228. The molecule has 4 aliphatic rings. The van der Waals surface area contributed by atoms with Crippen molar-refractivity contribution >= 4 is 87.7 Å². The van der Waals surface area contributed by atoms with Crippen LogP contribution in [0, 0.1) is 57.4 Å². The second-order valence-electron chi connectivity index (χ2n) is 19.2. The van der Waals surface area contributed by atoms with Crippen molar-refractivity contribution in [2.75, 3.05) is 0 Å². The number of para-hydroxylation sites is 1. The lowest BCUT2D eigenvalue weighted by molar-refractivity contribution is 0.166. The van der Waals surface area contributed by atoms with Crippen LogP contribution in [0.4, 0.5) is 5.69 Å². The lowest BCUT2D eigenvalue weighted by Gasteiger charge is -2.38. The van der Waals surface area contributed by atoms with Crippen LogP contribution in [0.15, 0.2) is 99.8 Å². The van der Waals surface area contributed by atoms with Crippen LogP contribution in [-0.4, -0.2) is 4.40 Å². The molecule has 15 rings (SSSR count). The Kier molecular flexibility index (Phi) is 6.61. The average molecular weight is 800 g/mol. The third-order valence-corrected chi connectivity index (χ3v) is 15.8. The Morgan fingerprint density at radius 2 is 1.26 bits per heavy atom. The third kappa shape index (κ3) is 4.22. The van der Waals surface area contributed by atoms with E-state index in [0.717, 1.165) is 87.9 Å². The highest BCUT2D eigenvalue weighted by Crippen LogP contribution is 2.61. The SMILES string of the molecule is [C-]#[N+]c1cc2c(c3cc4oc5ccccc5c4c4c5c6c(c(C#N)cc5n2c34)C2CC3CC(C2)CC6C3)c2oc3cc(-c4c(C)cccc4C)cc(-c4c(C)cccc4C)c3c12. The first kappa shape index (κ1) is 34.6. The number of nitriles is 1. The highest BCUT2D eigenvalue weighted by atomic mass is 16.3. The van der Waals surface area contributed by atoms with E-state index in [0.29, 0.717) is 29.4 Å². The van der Waals surface area contributed by atoms with Crippen molar-refractivity contribution < 1.29 is 8.83 Å². The summed E-state index contributed by atoms with van der Waals surface area (Å²) in [5.74, 6) is 2.25. The van der Waals surface area contributed by atoms with Crippen LogP contribution < -0.4 is 0 Å². The molecule has 62 heavy (non-hydrogen) atoms. The Morgan fingerprint density at radius 1 is 0.597 bits per heavy atom. The maximum Gasteiger partial charge on any atom is 0.200 e. The van der Waals surface area contributed by atoms with Gasteiger partial charge in [-0.1, -0.05) is 54.6 Å². The zero-order valence-corrected chi connectivity index (χ0v) is 35.2. The smallest absolute Gasteiger partial charge is 0.200 e. The van der Waals surface area contributed by atoms with Crippen molar-refractivity contribution in [1.82, 2.24) is 4.40 Å². The van der Waals surface area contributed by atoms with Crippen LogP contribution >= 0.6 is 0 Å². The Hall–Kier alpha value is -7.08. The molecule has 11 aromatic rings. The first-order chi connectivity index (χ1) is 30.3. The van der Waals surface area contributed by atoms with Crippen LogP contribution in [0.5, 0.6) is 0 Å². The van der Waals surface area contributed by atoms with Gasteiger partial charge in [0.05, 0.1) is 29.2 Å². The molecule has 4 heterocycles. The second kappa shape index (κ2) is 11.8. The summed E-state index contributed by atoms with van der Waals surface area (Å²) in [5.41, 5.74) is 19.7. The van der Waals surface area contributed by atoms with Crippen LogP contribution in [0.2, 0.25) is 0 Å². The van der Waals surface area contributed by atoms with Gasteiger partial charge in [0.2, 0.25) is 5.69 Å². The molecule has 7 aromatic carbocycles. The molecule has 2 unspecified atom stereocenters. The summed E-state index contributed by atoms with van der Waals surface area (Å²) in [7, 11) is 0. The Morgan fingerprint density at radius 3 is 1.97 bits per heavy atom. The number of benzene rings is 7. The van der Waals surface area contributed by atoms with E-state index in [-0.39, 0.29) is 0 Å². The molecule has 0 saturated heterocycles. The number of hydrogen-bond acceptors (Lipinski definition) is 3. The van der Waals surface area contributed by atoms with E-state index in [2.05, 4.69) is 134 Å². The van der Waals surface area contributed by atoms with Gasteiger partial charge in [0, 0.05) is 48.6 Å². The summed E-state index contributed by atoms with van der Waals surface area (Å²) in [6.07, 6.45) is 6.08. The predicted molar refractivity (Wildman–Crippen MR) is 252 cm³/mol. The molecule has 0 aliphatic heterocycles. The van der Waals surface area contributed by atoms with Crippen molar-refractivity contribution in [2.24, 2.45) is 11.8 Å². The number of nitrogens with zero attached hydrogens (tertiary/aromatic N) is 3. The van der Waals surface area contributed by atoms with Crippen molar-refractivity contribution in [3.8, 4) is 28.3 Å².